The van der Waals surface area contributed by atoms with E-state index in [1.807, 2.05) is 0 Å². The quantitative estimate of drug-likeness (QED) is 0.741. The van der Waals surface area contributed by atoms with Gasteiger partial charge in [0.25, 0.3) is 0 Å². The van der Waals surface area contributed by atoms with E-state index in [1.54, 1.807) is 43.3 Å². The van der Waals surface area contributed by atoms with E-state index in [4.69, 9.17) is 4.52 Å². The van der Waals surface area contributed by atoms with Crippen LogP contribution in [0.15, 0.2) is 33.7 Å². The van der Waals surface area contributed by atoms with Gasteiger partial charge in [-0.2, -0.15) is 0 Å². The molecule has 8 heteroatoms. The molecule has 0 bridgehead atoms. The topological polar surface area (TPSA) is 101 Å². The molecule has 1 aromatic carbocycles. The highest BCUT2D eigenvalue weighted by Crippen LogP contribution is 2.25. The van der Waals surface area contributed by atoms with Crippen molar-refractivity contribution in [3.63, 3.8) is 0 Å². The first-order valence-electron chi connectivity index (χ1n) is 9.79. The number of rotatable bonds is 6. The van der Waals surface area contributed by atoms with Gasteiger partial charge < -0.3 is 9.84 Å². The molecule has 1 aromatic heterocycles. The van der Waals surface area contributed by atoms with Crippen molar-refractivity contribution in [1.82, 2.24) is 9.88 Å². The summed E-state index contributed by atoms with van der Waals surface area (Å²) in [4.78, 5) is 11.6. The number of anilines is 1. The second kappa shape index (κ2) is 8.92. The maximum absolute atomic E-state index is 12.6. The van der Waals surface area contributed by atoms with Crippen LogP contribution in [0.25, 0.3) is 12.2 Å². The predicted octanol–water partition coefficient (Wildman–Crippen LogP) is 3.97. The molecule has 1 amide bonds. The summed E-state index contributed by atoms with van der Waals surface area (Å²) in [5, 5.41) is 6.55. The third kappa shape index (κ3) is 5.55. The van der Waals surface area contributed by atoms with Crippen molar-refractivity contribution < 1.29 is 17.7 Å². The second-order valence-electron chi connectivity index (χ2n) is 7.67. The average molecular weight is 418 g/mol. The lowest BCUT2D eigenvalue weighted by atomic mass is 9.88. The highest BCUT2D eigenvalue weighted by molar-refractivity contribution is 7.89. The molecule has 29 heavy (non-hydrogen) atoms. The normalized spacial score (nSPS) is 20.1. The number of hydrogen-bond acceptors (Lipinski definition) is 5. The van der Waals surface area contributed by atoms with Gasteiger partial charge in [-0.25, -0.2) is 13.1 Å². The maximum Gasteiger partial charge on any atom is 0.240 e. The third-order valence-corrected chi connectivity index (χ3v) is 6.68. The highest BCUT2D eigenvalue weighted by atomic mass is 32.2. The van der Waals surface area contributed by atoms with Gasteiger partial charge in [-0.15, -0.1) is 0 Å². The minimum Gasteiger partial charge on any atom is -0.354 e. The van der Waals surface area contributed by atoms with E-state index >= 15 is 0 Å². The van der Waals surface area contributed by atoms with Crippen LogP contribution in [-0.4, -0.2) is 25.5 Å². The Morgan fingerprint density at radius 2 is 1.79 bits per heavy atom. The zero-order valence-electron chi connectivity index (χ0n) is 16.9. The van der Waals surface area contributed by atoms with Gasteiger partial charge in [-0.05, 0) is 62.3 Å². The lowest BCUT2D eigenvalue weighted by Crippen LogP contribution is -2.37. The summed E-state index contributed by atoms with van der Waals surface area (Å²) in [6, 6.07) is 6.66. The molecule has 0 radical (unpaired) electrons. The molecule has 0 saturated heterocycles. The van der Waals surface area contributed by atoms with E-state index in [0.29, 0.717) is 23.1 Å². The van der Waals surface area contributed by atoms with Crippen molar-refractivity contribution >= 4 is 33.8 Å². The Bertz CT molecular complexity index is 985. The van der Waals surface area contributed by atoms with Gasteiger partial charge >= 0.3 is 0 Å². The molecule has 0 atom stereocenters. The minimum atomic E-state index is -3.53. The van der Waals surface area contributed by atoms with E-state index in [9.17, 15) is 13.2 Å². The third-order valence-electron chi connectivity index (χ3n) is 5.15. The first-order chi connectivity index (χ1) is 13.7. The Balaban J connectivity index is 1.69. The molecule has 2 N–H and O–H groups in total. The van der Waals surface area contributed by atoms with Crippen LogP contribution >= 0.6 is 0 Å². The van der Waals surface area contributed by atoms with Crippen LogP contribution in [-0.2, 0) is 14.8 Å². The van der Waals surface area contributed by atoms with Gasteiger partial charge in [0.05, 0.1) is 4.90 Å². The number of nitrogens with zero attached hydrogens (tertiary/aromatic N) is 1. The Kier molecular flexibility index (Phi) is 6.54. The predicted molar refractivity (Wildman–Crippen MR) is 113 cm³/mol. The Labute approximate surface area is 171 Å². The van der Waals surface area contributed by atoms with E-state index < -0.39 is 10.0 Å². The van der Waals surface area contributed by atoms with Crippen molar-refractivity contribution in [3.05, 3.63) is 41.3 Å². The molecule has 1 saturated carbocycles. The van der Waals surface area contributed by atoms with Crippen molar-refractivity contribution in [3.8, 4) is 0 Å². The van der Waals surface area contributed by atoms with E-state index in [0.717, 1.165) is 31.2 Å². The number of carbonyl (C=O) groups is 1. The number of hydrogen-bond donors (Lipinski definition) is 2. The van der Waals surface area contributed by atoms with E-state index in [2.05, 4.69) is 22.1 Å². The van der Waals surface area contributed by atoms with Gasteiger partial charge in [0.2, 0.25) is 15.9 Å². The molecular formula is C21H27N3O4S. The zero-order valence-corrected chi connectivity index (χ0v) is 17.8. The molecule has 156 valence electrons. The highest BCUT2D eigenvalue weighted by Gasteiger charge is 2.24. The molecule has 1 heterocycles. The van der Waals surface area contributed by atoms with Crippen molar-refractivity contribution in [1.29, 1.82) is 0 Å². The smallest absolute Gasteiger partial charge is 0.240 e. The molecule has 3 rings (SSSR count). The van der Waals surface area contributed by atoms with Gasteiger partial charge in [-0.3, -0.25) is 4.79 Å². The van der Waals surface area contributed by atoms with Crippen molar-refractivity contribution in [2.45, 2.75) is 57.4 Å². The van der Waals surface area contributed by atoms with Crippen LogP contribution in [0.4, 0.5) is 5.69 Å². The summed E-state index contributed by atoms with van der Waals surface area (Å²) < 4.78 is 33.3. The summed E-state index contributed by atoms with van der Waals surface area (Å²) in [5.74, 6) is 0.893. The number of aryl methyl sites for hydroxylation is 1. The first-order valence-corrected chi connectivity index (χ1v) is 11.3. The molecule has 0 spiro atoms. The lowest BCUT2D eigenvalue weighted by Gasteiger charge is -2.26. The minimum absolute atomic E-state index is 0.0117. The van der Waals surface area contributed by atoms with Crippen LogP contribution in [0.2, 0.25) is 0 Å². The fourth-order valence-electron chi connectivity index (χ4n) is 3.42. The summed E-state index contributed by atoms with van der Waals surface area (Å²) in [6.45, 7) is 5.36. The van der Waals surface area contributed by atoms with Crippen LogP contribution < -0.4 is 10.0 Å². The molecule has 0 aliphatic heterocycles. The van der Waals surface area contributed by atoms with E-state index in [1.165, 1.54) is 6.92 Å². The molecule has 2 aromatic rings. The fraction of sp³-hybridized carbons (Fsp3) is 0.429. The SMILES string of the molecule is CC(=O)Nc1c(C)noc1C=Cc1ccc(S(=O)(=O)NC2CCC(C)CC2)cc1. The molecule has 1 aliphatic carbocycles. The number of amides is 1. The van der Waals surface area contributed by atoms with Crippen LogP contribution in [0, 0.1) is 12.8 Å². The second-order valence-corrected chi connectivity index (χ2v) is 9.38. The van der Waals surface area contributed by atoms with Crippen LogP contribution in [0.3, 0.4) is 0 Å². The molecule has 1 fully saturated rings. The number of benzene rings is 1. The Hall–Kier alpha value is -2.45. The lowest BCUT2D eigenvalue weighted by molar-refractivity contribution is -0.114. The zero-order chi connectivity index (χ0) is 21.0. The molecule has 7 nitrogen and oxygen atoms in total. The Morgan fingerprint density at radius 3 is 2.41 bits per heavy atom. The van der Waals surface area contributed by atoms with Gasteiger partial charge in [0.1, 0.15) is 11.4 Å². The van der Waals surface area contributed by atoms with Crippen LogP contribution in [0.5, 0.6) is 0 Å². The first kappa shape index (κ1) is 21.3. The average Bonchev–Trinajstić information content (AvgIpc) is 3.01. The van der Waals surface area contributed by atoms with Crippen molar-refractivity contribution in [2.24, 2.45) is 5.92 Å². The standard InChI is InChI=1S/C21H27N3O4S/c1-14-4-9-18(10-5-14)24-29(26,27)19-11-6-17(7-12-19)8-13-20-21(22-16(3)25)15(2)23-28-20/h6-8,11-14,18,24H,4-5,9-10H2,1-3H3,(H,22,25). The molecule has 0 unspecified atom stereocenters. The number of nitrogens with one attached hydrogen (secondary N) is 2. The molecule has 1 aliphatic rings. The van der Waals surface area contributed by atoms with Gasteiger partial charge in [0, 0.05) is 13.0 Å². The maximum atomic E-state index is 12.6. The summed E-state index contributed by atoms with van der Waals surface area (Å²) in [6.07, 6.45) is 7.34. The summed E-state index contributed by atoms with van der Waals surface area (Å²) in [5.41, 5.74) is 1.92. The van der Waals surface area contributed by atoms with E-state index in [-0.39, 0.29) is 16.8 Å². The largest absolute Gasteiger partial charge is 0.354 e. The van der Waals surface area contributed by atoms with Gasteiger partial charge in [-0.1, -0.05) is 30.3 Å². The number of sulfonamides is 1. The van der Waals surface area contributed by atoms with Crippen molar-refractivity contribution in [2.75, 3.05) is 5.32 Å². The number of aromatic nitrogens is 1. The van der Waals surface area contributed by atoms with Crippen LogP contribution in [0.1, 0.15) is 56.5 Å². The summed E-state index contributed by atoms with van der Waals surface area (Å²) >= 11 is 0. The monoisotopic (exact) mass is 417 g/mol. The Morgan fingerprint density at radius 1 is 1.14 bits per heavy atom. The van der Waals surface area contributed by atoms with Gasteiger partial charge in [0.15, 0.2) is 5.76 Å². The summed E-state index contributed by atoms with van der Waals surface area (Å²) in [7, 11) is -3.53. The fourth-order valence-corrected chi connectivity index (χ4v) is 4.73. The number of carbonyl (C=O) groups excluding carboxylic acids is 1. The molecular weight excluding hydrogens is 390 g/mol.